The minimum atomic E-state index is -3.81. The number of nitro benzene ring substituents is 1. The quantitative estimate of drug-likeness (QED) is 0.524. The third-order valence-corrected chi connectivity index (χ3v) is 5.60. The molecule has 24 heavy (non-hydrogen) atoms. The maximum Gasteiger partial charge on any atom is 0.305 e. The largest absolute Gasteiger partial charge is 0.481 e. The van der Waals surface area contributed by atoms with Gasteiger partial charge in [0.1, 0.15) is 5.69 Å². The topological polar surface area (TPSA) is 121 Å². The number of rotatable bonds is 9. The normalized spacial score (nSPS) is 11.5. The summed E-state index contributed by atoms with van der Waals surface area (Å²) in [4.78, 5) is 22.5. The number of carbonyl (C=O) groups is 1. The highest BCUT2D eigenvalue weighted by Gasteiger charge is 2.26. The molecule has 0 bridgehead atoms. The molecule has 0 atom stereocenters. The molecule has 0 aliphatic carbocycles. The number of hydrogen-bond donors (Lipinski definition) is 1. The van der Waals surface area contributed by atoms with E-state index in [1.807, 2.05) is 0 Å². The Morgan fingerprint density at radius 3 is 2.33 bits per heavy atom. The van der Waals surface area contributed by atoms with Gasteiger partial charge in [0, 0.05) is 32.7 Å². The number of hydrogen-bond acceptors (Lipinski definition) is 6. The lowest BCUT2D eigenvalue weighted by Gasteiger charge is -2.21. The summed E-state index contributed by atoms with van der Waals surface area (Å²) in [5.74, 6) is -1.02. The molecule has 9 nitrogen and oxygen atoms in total. The van der Waals surface area contributed by atoms with Crippen LogP contribution in [0.4, 0.5) is 11.4 Å². The van der Waals surface area contributed by atoms with Crippen molar-refractivity contribution >= 4 is 27.4 Å². The number of aliphatic carboxylic acids is 1. The number of carboxylic acid groups (broad SMARTS) is 1. The first-order valence-corrected chi connectivity index (χ1v) is 8.80. The highest BCUT2D eigenvalue weighted by atomic mass is 32.2. The number of sulfonamides is 1. The molecular formula is C14H21N3O6S. The zero-order chi connectivity index (χ0) is 18.5. The van der Waals surface area contributed by atoms with Gasteiger partial charge in [-0.25, -0.2) is 8.42 Å². The van der Waals surface area contributed by atoms with Crippen LogP contribution in [0.1, 0.15) is 20.3 Å². The van der Waals surface area contributed by atoms with Crippen LogP contribution in [0.3, 0.4) is 0 Å². The fraction of sp³-hybridized carbons (Fsp3) is 0.500. The standard InChI is InChI=1S/C14H21N3O6S/c1-4-16(5-2)24(22,23)11-6-7-12(13(10-11)17(20)21)15(3)9-8-14(18)19/h6-7,10H,4-5,8-9H2,1-3H3,(H,18,19). The number of nitrogens with zero attached hydrogens (tertiary/aromatic N) is 3. The lowest BCUT2D eigenvalue weighted by molar-refractivity contribution is -0.384. The summed E-state index contributed by atoms with van der Waals surface area (Å²) < 4.78 is 26.2. The van der Waals surface area contributed by atoms with Crippen molar-refractivity contribution in [1.29, 1.82) is 0 Å². The molecule has 0 aromatic heterocycles. The van der Waals surface area contributed by atoms with Gasteiger partial charge in [0.15, 0.2) is 0 Å². The van der Waals surface area contributed by atoms with Crippen molar-refractivity contribution in [2.75, 3.05) is 31.6 Å². The summed E-state index contributed by atoms with van der Waals surface area (Å²) >= 11 is 0. The third kappa shape index (κ3) is 4.42. The number of nitro groups is 1. The van der Waals surface area contributed by atoms with E-state index in [1.165, 1.54) is 28.4 Å². The molecule has 0 spiro atoms. The fourth-order valence-electron chi connectivity index (χ4n) is 2.23. The molecule has 0 fully saturated rings. The number of carboxylic acids is 1. The first-order valence-electron chi connectivity index (χ1n) is 7.36. The van der Waals surface area contributed by atoms with Crippen molar-refractivity contribution in [3.8, 4) is 0 Å². The van der Waals surface area contributed by atoms with Gasteiger partial charge in [-0.3, -0.25) is 14.9 Å². The SMILES string of the molecule is CCN(CC)S(=O)(=O)c1ccc(N(C)CCC(=O)O)c([N+](=O)[O-])c1. The lowest BCUT2D eigenvalue weighted by atomic mass is 10.2. The van der Waals surface area contributed by atoms with E-state index >= 15 is 0 Å². The van der Waals surface area contributed by atoms with Gasteiger partial charge in [-0.2, -0.15) is 4.31 Å². The van der Waals surface area contributed by atoms with Gasteiger partial charge in [-0.15, -0.1) is 0 Å². The second-order valence-corrected chi connectivity index (χ2v) is 7.00. The van der Waals surface area contributed by atoms with Gasteiger partial charge in [0.2, 0.25) is 10.0 Å². The molecule has 0 unspecified atom stereocenters. The van der Waals surface area contributed by atoms with Crippen LogP contribution in [-0.4, -0.2) is 55.4 Å². The molecule has 0 amide bonds. The molecule has 10 heteroatoms. The smallest absolute Gasteiger partial charge is 0.305 e. The monoisotopic (exact) mass is 359 g/mol. The van der Waals surface area contributed by atoms with Crippen molar-refractivity contribution in [2.24, 2.45) is 0 Å². The molecule has 0 saturated carbocycles. The van der Waals surface area contributed by atoms with Crippen LogP contribution in [0, 0.1) is 10.1 Å². The molecule has 134 valence electrons. The second kappa shape index (κ2) is 8.06. The maximum absolute atomic E-state index is 12.5. The molecule has 1 N–H and O–H groups in total. The number of anilines is 1. The maximum atomic E-state index is 12.5. The first-order chi connectivity index (χ1) is 11.1. The minimum Gasteiger partial charge on any atom is -0.481 e. The molecule has 0 heterocycles. The van der Waals surface area contributed by atoms with Crippen molar-refractivity contribution in [1.82, 2.24) is 4.31 Å². The van der Waals surface area contributed by atoms with Crippen LogP contribution < -0.4 is 4.90 Å². The van der Waals surface area contributed by atoms with Crippen LogP contribution in [0.5, 0.6) is 0 Å². The van der Waals surface area contributed by atoms with Crippen LogP contribution in [0.2, 0.25) is 0 Å². The molecule has 0 saturated heterocycles. The van der Waals surface area contributed by atoms with Crippen LogP contribution in [0.25, 0.3) is 0 Å². The summed E-state index contributed by atoms with van der Waals surface area (Å²) in [5.41, 5.74) is -0.212. The molecule has 0 radical (unpaired) electrons. The summed E-state index contributed by atoms with van der Waals surface area (Å²) in [6.07, 6.45) is -0.187. The Morgan fingerprint density at radius 2 is 1.88 bits per heavy atom. The van der Waals surface area contributed by atoms with E-state index in [4.69, 9.17) is 5.11 Å². The van der Waals surface area contributed by atoms with E-state index in [0.29, 0.717) is 0 Å². The van der Waals surface area contributed by atoms with Gasteiger partial charge in [-0.1, -0.05) is 13.8 Å². The first kappa shape index (κ1) is 19.8. The predicted octanol–water partition coefficient (Wildman–Crippen LogP) is 1.54. The van der Waals surface area contributed by atoms with Crippen LogP contribution in [0.15, 0.2) is 23.1 Å². The highest BCUT2D eigenvalue weighted by molar-refractivity contribution is 7.89. The van der Waals surface area contributed by atoms with Gasteiger partial charge < -0.3 is 10.0 Å². The van der Waals surface area contributed by atoms with Crippen molar-refractivity contribution in [2.45, 2.75) is 25.2 Å². The lowest BCUT2D eigenvalue weighted by Crippen LogP contribution is -2.30. The zero-order valence-corrected chi connectivity index (χ0v) is 14.6. The van der Waals surface area contributed by atoms with Crippen LogP contribution >= 0.6 is 0 Å². The number of benzene rings is 1. The fourth-order valence-corrected chi connectivity index (χ4v) is 3.71. The molecule has 0 aliphatic rings. The van der Waals surface area contributed by atoms with Gasteiger partial charge in [0.25, 0.3) is 5.69 Å². The Hall–Kier alpha value is -2.20. The summed E-state index contributed by atoms with van der Waals surface area (Å²) in [6.45, 7) is 3.95. The third-order valence-electron chi connectivity index (χ3n) is 3.56. The van der Waals surface area contributed by atoms with E-state index in [0.717, 1.165) is 6.07 Å². The van der Waals surface area contributed by atoms with Crippen molar-refractivity contribution in [3.05, 3.63) is 28.3 Å². The van der Waals surface area contributed by atoms with Gasteiger partial charge >= 0.3 is 5.97 Å². The van der Waals surface area contributed by atoms with Gasteiger partial charge in [-0.05, 0) is 12.1 Å². The van der Waals surface area contributed by atoms with E-state index in [-0.39, 0.29) is 42.3 Å². The van der Waals surface area contributed by atoms with Crippen LogP contribution in [-0.2, 0) is 14.8 Å². The Kier molecular flexibility index (Phi) is 6.67. The summed E-state index contributed by atoms with van der Waals surface area (Å²) in [6, 6.07) is 3.64. The molecule has 1 aromatic carbocycles. The average Bonchev–Trinajstić information content (AvgIpc) is 2.52. The van der Waals surface area contributed by atoms with E-state index in [2.05, 4.69) is 0 Å². The second-order valence-electron chi connectivity index (χ2n) is 5.06. The average molecular weight is 359 g/mol. The molecule has 1 aromatic rings. The minimum absolute atomic E-state index is 0.0678. The predicted molar refractivity (Wildman–Crippen MR) is 88.7 cm³/mol. The van der Waals surface area contributed by atoms with Crippen molar-refractivity contribution in [3.63, 3.8) is 0 Å². The molecule has 0 aliphatic heterocycles. The Labute approximate surface area is 140 Å². The van der Waals surface area contributed by atoms with Crippen molar-refractivity contribution < 1.29 is 23.2 Å². The zero-order valence-electron chi connectivity index (χ0n) is 13.8. The molecule has 1 rings (SSSR count). The Morgan fingerprint density at radius 1 is 1.29 bits per heavy atom. The van der Waals surface area contributed by atoms with E-state index in [9.17, 15) is 23.3 Å². The molecular weight excluding hydrogens is 338 g/mol. The van der Waals surface area contributed by atoms with E-state index < -0.39 is 20.9 Å². The Bertz CT molecular complexity index is 715. The Balaban J connectivity index is 3.30. The summed E-state index contributed by atoms with van der Waals surface area (Å²) in [7, 11) is -2.29. The van der Waals surface area contributed by atoms with E-state index in [1.54, 1.807) is 13.8 Å². The van der Waals surface area contributed by atoms with Gasteiger partial charge in [0.05, 0.1) is 16.2 Å². The summed E-state index contributed by atoms with van der Waals surface area (Å²) in [5, 5.41) is 20.0. The highest BCUT2D eigenvalue weighted by Crippen LogP contribution is 2.31.